The number of aliphatic hydroxyl groups is 1. The summed E-state index contributed by atoms with van der Waals surface area (Å²) < 4.78 is 0. The lowest BCUT2D eigenvalue weighted by Gasteiger charge is -2.43. The third-order valence-electron chi connectivity index (χ3n) is 6.20. The minimum absolute atomic E-state index is 0.0346. The third-order valence-corrected chi connectivity index (χ3v) is 6.20. The number of rotatable bonds is 3. The van der Waals surface area contributed by atoms with Crippen LogP contribution in [0.5, 0.6) is 0 Å². The van der Waals surface area contributed by atoms with Gasteiger partial charge >= 0.3 is 0 Å². The Bertz CT molecular complexity index is 771. The molecule has 2 aromatic rings. The van der Waals surface area contributed by atoms with Crippen molar-refractivity contribution < 1.29 is 9.90 Å². The van der Waals surface area contributed by atoms with Crippen LogP contribution in [0, 0.1) is 5.92 Å². The number of carbonyl (C=O) groups is 1. The number of piperidine rings is 1. The van der Waals surface area contributed by atoms with E-state index in [4.69, 9.17) is 0 Å². The van der Waals surface area contributed by atoms with Gasteiger partial charge in [-0.3, -0.25) is 9.69 Å². The van der Waals surface area contributed by atoms with Crippen molar-refractivity contribution >= 4 is 16.6 Å². The van der Waals surface area contributed by atoms with E-state index in [0.29, 0.717) is 12.5 Å². The molecule has 0 radical (unpaired) electrons. The SMILES string of the molecule is CCC(=O)[C@H]1[C@H](c2ccc3ccccc3c2)CC2CC(O)[C@@H]1N2C. The van der Waals surface area contributed by atoms with Crippen molar-refractivity contribution in [2.75, 3.05) is 7.05 Å². The highest BCUT2D eigenvalue weighted by Crippen LogP contribution is 2.47. The average Bonchev–Trinajstić information content (AvgIpc) is 2.79. The Balaban J connectivity index is 1.78. The van der Waals surface area contributed by atoms with Crippen LogP contribution in [-0.2, 0) is 4.79 Å². The molecule has 5 atom stereocenters. The summed E-state index contributed by atoms with van der Waals surface area (Å²) >= 11 is 0. The van der Waals surface area contributed by atoms with Crippen molar-refractivity contribution in [3.63, 3.8) is 0 Å². The van der Waals surface area contributed by atoms with Gasteiger partial charge in [0.05, 0.1) is 6.10 Å². The first-order valence-corrected chi connectivity index (χ1v) is 9.01. The fraction of sp³-hybridized carbons (Fsp3) is 0.476. The Morgan fingerprint density at radius 2 is 1.92 bits per heavy atom. The van der Waals surface area contributed by atoms with Crippen molar-refractivity contribution in [3.05, 3.63) is 48.0 Å². The smallest absolute Gasteiger partial charge is 0.137 e. The molecular weight excluding hydrogens is 298 g/mol. The largest absolute Gasteiger partial charge is 0.391 e. The molecule has 0 aliphatic carbocycles. The van der Waals surface area contributed by atoms with Crippen molar-refractivity contribution in [1.82, 2.24) is 4.90 Å². The van der Waals surface area contributed by atoms with E-state index in [1.54, 1.807) is 0 Å². The highest BCUT2D eigenvalue weighted by molar-refractivity contribution is 5.85. The van der Waals surface area contributed by atoms with Crippen LogP contribution in [0.25, 0.3) is 10.8 Å². The van der Waals surface area contributed by atoms with Crippen LogP contribution in [0.15, 0.2) is 42.5 Å². The number of nitrogens with zero attached hydrogens (tertiary/aromatic N) is 1. The quantitative estimate of drug-likeness (QED) is 0.941. The molecule has 2 aliphatic rings. The second kappa shape index (κ2) is 5.98. The Hall–Kier alpha value is -1.71. The summed E-state index contributed by atoms with van der Waals surface area (Å²) in [4.78, 5) is 15.0. The minimum atomic E-state index is -0.383. The lowest BCUT2D eigenvalue weighted by Crippen LogP contribution is -2.51. The van der Waals surface area contributed by atoms with Crippen LogP contribution >= 0.6 is 0 Å². The van der Waals surface area contributed by atoms with Gasteiger partial charge in [0.1, 0.15) is 5.78 Å². The maximum atomic E-state index is 12.8. The predicted molar refractivity (Wildman–Crippen MR) is 96.1 cm³/mol. The van der Waals surface area contributed by atoms with Crippen molar-refractivity contribution in [3.8, 4) is 0 Å². The zero-order chi connectivity index (χ0) is 16.8. The number of Topliss-reactive ketones (excluding diaryl/α,β-unsaturated/α-hetero) is 1. The molecule has 2 fully saturated rings. The molecule has 2 heterocycles. The van der Waals surface area contributed by atoms with E-state index in [1.807, 2.05) is 6.92 Å². The maximum Gasteiger partial charge on any atom is 0.137 e. The van der Waals surface area contributed by atoms with Crippen LogP contribution in [-0.4, -0.2) is 41.0 Å². The van der Waals surface area contributed by atoms with E-state index in [1.165, 1.54) is 16.3 Å². The molecule has 2 unspecified atom stereocenters. The highest BCUT2D eigenvalue weighted by Gasteiger charge is 2.52. The van der Waals surface area contributed by atoms with E-state index in [-0.39, 0.29) is 29.8 Å². The van der Waals surface area contributed by atoms with Crippen LogP contribution in [0.3, 0.4) is 0 Å². The molecule has 0 spiro atoms. The standard InChI is InChI=1S/C21H25NO2/c1-3-18(23)20-17(11-16-12-19(24)21(20)22(16)2)15-9-8-13-6-4-5-7-14(13)10-15/h4-10,16-17,19-21,24H,3,11-12H2,1-2H3/t16?,17-,19?,20+,21-/m0/s1. The van der Waals surface area contributed by atoms with E-state index < -0.39 is 0 Å². The minimum Gasteiger partial charge on any atom is -0.391 e. The Morgan fingerprint density at radius 1 is 1.17 bits per heavy atom. The van der Waals surface area contributed by atoms with Crippen molar-refractivity contribution in [1.29, 1.82) is 0 Å². The Labute approximate surface area is 143 Å². The summed E-state index contributed by atoms with van der Waals surface area (Å²) in [6.45, 7) is 1.94. The second-order valence-electron chi connectivity index (χ2n) is 7.41. The van der Waals surface area contributed by atoms with Gasteiger partial charge in [0.2, 0.25) is 0 Å². The third kappa shape index (κ3) is 2.38. The lowest BCUT2D eigenvalue weighted by atomic mass is 9.73. The molecule has 3 nitrogen and oxygen atoms in total. The predicted octanol–water partition coefficient (Wildman–Crippen LogP) is 3.36. The van der Waals surface area contributed by atoms with E-state index in [0.717, 1.165) is 12.8 Å². The highest BCUT2D eigenvalue weighted by atomic mass is 16.3. The lowest BCUT2D eigenvalue weighted by molar-refractivity contribution is -0.128. The maximum absolute atomic E-state index is 12.8. The molecule has 0 amide bonds. The first kappa shape index (κ1) is 15.8. The molecule has 4 rings (SSSR count). The molecule has 0 aromatic heterocycles. The monoisotopic (exact) mass is 323 g/mol. The van der Waals surface area contributed by atoms with Crippen molar-refractivity contribution in [2.24, 2.45) is 5.92 Å². The molecule has 2 saturated heterocycles. The summed E-state index contributed by atoms with van der Waals surface area (Å²) in [5.74, 6) is 0.393. The second-order valence-corrected chi connectivity index (χ2v) is 7.41. The van der Waals surface area contributed by atoms with Crippen LogP contribution in [0.1, 0.15) is 37.7 Å². The van der Waals surface area contributed by atoms with Gasteiger partial charge in [0.25, 0.3) is 0 Å². The summed E-state index contributed by atoms with van der Waals surface area (Å²) in [5, 5.41) is 13.0. The molecule has 2 bridgehead atoms. The fourth-order valence-electron chi connectivity index (χ4n) is 4.96. The number of likely N-dealkylation sites (N-methyl/N-ethyl adjacent to an activating group) is 1. The zero-order valence-corrected chi connectivity index (χ0v) is 14.4. The molecule has 0 saturated carbocycles. The number of carbonyl (C=O) groups excluding carboxylic acids is 1. The summed E-state index contributed by atoms with van der Waals surface area (Å²) in [7, 11) is 2.07. The number of benzene rings is 2. The summed E-state index contributed by atoms with van der Waals surface area (Å²) in [5.41, 5.74) is 1.25. The molecule has 126 valence electrons. The number of hydrogen-bond acceptors (Lipinski definition) is 3. The van der Waals surface area contributed by atoms with E-state index in [9.17, 15) is 9.90 Å². The summed E-state index contributed by atoms with van der Waals surface area (Å²) in [6, 6.07) is 15.3. The first-order chi connectivity index (χ1) is 11.6. The van der Waals surface area contributed by atoms with Gasteiger partial charge in [-0.15, -0.1) is 0 Å². The molecular formula is C21H25NO2. The topological polar surface area (TPSA) is 40.5 Å². The molecule has 3 heteroatoms. The van der Waals surface area contributed by atoms with Gasteiger partial charge in [0, 0.05) is 24.4 Å². The fourth-order valence-corrected chi connectivity index (χ4v) is 4.96. The van der Waals surface area contributed by atoms with Gasteiger partial charge in [-0.1, -0.05) is 49.4 Å². The molecule has 24 heavy (non-hydrogen) atoms. The Morgan fingerprint density at radius 3 is 2.67 bits per heavy atom. The number of hydrogen-bond donors (Lipinski definition) is 1. The van der Waals surface area contributed by atoms with Crippen LogP contribution < -0.4 is 0 Å². The zero-order valence-electron chi connectivity index (χ0n) is 14.4. The van der Waals surface area contributed by atoms with Gasteiger partial charge < -0.3 is 5.11 Å². The number of ketones is 1. The normalized spacial score (nSPS) is 33.0. The molecule has 2 aromatic carbocycles. The number of aliphatic hydroxyl groups excluding tert-OH is 1. The molecule has 1 N–H and O–H groups in total. The first-order valence-electron chi connectivity index (χ1n) is 9.01. The van der Waals surface area contributed by atoms with Crippen LogP contribution in [0.4, 0.5) is 0 Å². The molecule has 2 aliphatic heterocycles. The van der Waals surface area contributed by atoms with E-state index >= 15 is 0 Å². The number of fused-ring (bicyclic) bond motifs is 3. The van der Waals surface area contributed by atoms with Gasteiger partial charge in [-0.25, -0.2) is 0 Å². The van der Waals surface area contributed by atoms with Crippen LogP contribution in [0.2, 0.25) is 0 Å². The van der Waals surface area contributed by atoms with Gasteiger partial charge in [-0.05, 0) is 42.1 Å². The average molecular weight is 323 g/mol. The summed E-state index contributed by atoms with van der Waals surface area (Å²) in [6.07, 6.45) is 1.90. The van der Waals surface area contributed by atoms with Crippen molar-refractivity contribution in [2.45, 2.75) is 50.3 Å². The van der Waals surface area contributed by atoms with E-state index in [2.05, 4.69) is 54.4 Å². The van der Waals surface area contributed by atoms with Gasteiger partial charge in [-0.2, -0.15) is 0 Å². The van der Waals surface area contributed by atoms with Gasteiger partial charge in [0.15, 0.2) is 0 Å². The Kier molecular flexibility index (Phi) is 3.93.